The predicted octanol–water partition coefficient (Wildman–Crippen LogP) is 3.19. The van der Waals surface area contributed by atoms with Gasteiger partial charge in [-0.25, -0.2) is 4.79 Å². The molecule has 9 heteroatoms. The first-order valence-corrected chi connectivity index (χ1v) is 9.74. The number of aryl methyl sites for hydroxylation is 1. The van der Waals surface area contributed by atoms with Gasteiger partial charge in [0.2, 0.25) is 0 Å². The Bertz CT molecular complexity index is 860. The van der Waals surface area contributed by atoms with Crippen molar-refractivity contribution in [1.29, 1.82) is 0 Å². The average Bonchev–Trinajstić information content (AvgIpc) is 2.71. The Kier molecular flexibility index (Phi) is 10.8. The van der Waals surface area contributed by atoms with Gasteiger partial charge >= 0.3 is 6.09 Å². The molecule has 0 saturated heterocycles. The maximum absolute atomic E-state index is 11.9. The molecule has 31 heavy (non-hydrogen) atoms. The van der Waals surface area contributed by atoms with Crippen LogP contribution in [0.5, 0.6) is 11.5 Å². The summed E-state index contributed by atoms with van der Waals surface area (Å²) in [5.74, 6) is -1.03. The van der Waals surface area contributed by atoms with E-state index < -0.39 is 18.1 Å². The van der Waals surface area contributed by atoms with E-state index in [4.69, 9.17) is 4.74 Å². The normalized spacial score (nSPS) is 12.4. The molecule has 0 aliphatic rings. The standard InChI is InChI=1S/C22H28N2O6.ClH/c1-14-5-7-16(8-6-14)21(28)24-22(29)30-11-3-4-15(2)23-13-20(27)17-9-10-18(25)19(26)12-17;/h5-10,12,15,20,23,25-27H,3-4,11,13H2,1-2H3,(H,24,28,29);1H. The van der Waals surface area contributed by atoms with Gasteiger partial charge in [0.05, 0.1) is 12.7 Å². The van der Waals surface area contributed by atoms with E-state index in [0.717, 1.165) is 5.56 Å². The second-order valence-electron chi connectivity index (χ2n) is 7.17. The van der Waals surface area contributed by atoms with Crippen LogP contribution in [0.2, 0.25) is 0 Å². The zero-order valence-electron chi connectivity index (χ0n) is 17.5. The minimum atomic E-state index is -0.839. The van der Waals surface area contributed by atoms with Crippen molar-refractivity contribution in [2.24, 2.45) is 0 Å². The smallest absolute Gasteiger partial charge is 0.414 e. The molecule has 0 bridgehead atoms. The maximum atomic E-state index is 11.9. The molecule has 2 atom stereocenters. The van der Waals surface area contributed by atoms with Crippen LogP contribution in [-0.4, -0.2) is 46.5 Å². The summed E-state index contributed by atoms with van der Waals surface area (Å²) < 4.78 is 5.03. The first kappa shape index (κ1) is 26.2. The number of amides is 2. The number of rotatable bonds is 9. The number of phenolic OH excluding ortho intramolecular Hbond substituents is 2. The van der Waals surface area contributed by atoms with Crippen molar-refractivity contribution in [2.45, 2.75) is 38.8 Å². The molecule has 0 aromatic heterocycles. The fraction of sp³-hybridized carbons (Fsp3) is 0.364. The van der Waals surface area contributed by atoms with E-state index >= 15 is 0 Å². The lowest BCUT2D eigenvalue weighted by molar-refractivity contribution is 0.0917. The Labute approximate surface area is 187 Å². The molecule has 2 rings (SSSR count). The summed E-state index contributed by atoms with van der Waals surface area (Å²) >= 11 is 0. The van der Waals surface area contributed by atoms with E-state index in [0.29, 0.717) is 24.0 Å². The monoisotopic (exact) mass is 452 g/mol. The molecule has 0 saturated carbocycles. The van der Waals surface area contributed by atoms with Gasteiger partial charge in [0.15, 0.2) is 11.5 Å². The van der Waals surface area contributed by atoms with Crippen molar-refractivity contribution < 1.29 is 29.6 Å². The van der Waals surface area contributed by atoms with Crippen molar-refractivity contribution in [1.82, 2.24) is 10.6 Å². The van der Waals surface area contributed by atoms with Gasteiger partial charge in [-0.15, -0.1) is 12.4 Å². The van der Waals surface area contributed by atoms with Gasteiger partial charge in [-0.3, -0.25) is 10.1 Å². The molecule has 0 fully saturated rings. The van der Waals surface area contributed by atoms with E-state index in [1.165, 1.54) is 18.2 Å². The molecular weight excluding hydrogens is 424 g/mol. The second kappa shape index (κ2) is 12.8. The van der Waals surface area contributed by atoms with Crippen LogP contribution < -0.4 is 10.6 Å². The van der Waals surface area contributed by atoms with E-state index in [1.54, 1.807) is 24.3 Å². The molecule has 0 spiro atoms. The van der Waals surface area contributed by atoms with Gasteiger partial charge in [0, 0.05) is 18.2 Å². The lowest BCUT2D eigenvalue weighted by Gasteiger charge is -2.17. The summed E-state index contributed by atoms with van der Waals surface area (Å²) in [7, 11) is 0. The fourth-order valence-corrected chi connectivity index (χ4v) is 2.74. The molecule has 0 aliphatic carbocycles. The number of phenols is 2. The van der Waals surface area contributed by atoms with Crippen molar-refractivity contribution in [3.05, 3.63) is 59.2 Å². The number of carbonyl (C=O) groups is 2. The molecule has 0 aliphatic heterocycles. The van der Waals surface area contributed by atoms with Gasteiger partial charge in [-0.05, 0) is 56.5 Å². The molecule has 2 aromatic rings. The summed E-state index contributed by atoms with van der Waals surface area (Å²) in [4.78, 5) is 23.7. The zero-order valence-corrected chi connectivity index (χ0v) is 18.3. The van der Waals surface area contributed by atoms with E-state index in [1.807, 2.05) is 13.8 Å². The molecule has 5 N–H and O–H groups in total. The van der Waals surface area contributed by atoms with Gasteiger partial charge < -0.3 is 25.4 Å². The Morgan fingerprint density at radius 1 is 1.06 bits per heavy atom. The average molecular weight is 453 g/mol. The summed E-state index contributed by atoms with van der Waals surface area (Å²) in [6.45, 7) is 4.26. The second-order valence-corrected chi connectivity index (χ2v) is 7.17. The number of nitrogens with one attached hydrogen (secondary N) is 2. The summed E-state index contributed by atoms with van der Waals surface area (Å²) in [6.07, 6.45) is -0.360. The Balaban J connectivity index is 0.00000480. The van der Waals surface area contributed by atoms with Crippen molar-refractivity contribution in [3.63, 3.8) is 0 Å². The van der Waals surface area contributed by atoms with E-state index in [2.05, 4.69) is 10.6 Å². The van der Waals surface area contributed by atoms with Crippen molar-refractivity contribution in [3.8, 4) is 11.5 Å². The molecule has 2 amide bonds. The third kappa shape index (κ3) is 8.84. The van der Waals surface area contributed by atoms with Crippen LogP contribution in [0.4, 0.5) is 4.79 Å². The topological polar surface area (TPSA) is 128 Å². The first-order chi connectivity index (χ1) is 14.3. The van der Waals surface area contributed by atoms with Gasteiger partial charge in [0.25, 0.3) is 5.91 Å². The number of hydrogen-bond donors (Lipinski definition) is 5. The van der Waals surface area contributed by atoms with Crippen LogP contribution in [0.3, 0.4) is 0 Å². The highest BCUT2D eigenvalue weighted by atomic mass is 35.5. The highest BCUT2D eigenvalue weighted by molar-refractivity contribution is 6.02. The Hall–Kier alpha value is -2.81. The van der Waals surface area contributed by atoms with Crippen LogP contribution in [0.15, 0.2) is 42.5 Å². The number of aliphatic hydroxyl groups is 1. The number of ether oxygens (including phenoxy) is 1. The van der Waals surface area contributed by atoms with E-state index in [9.17, 15) is 24.9 Å². The minimum Gasteiger partial charge on any atom is -0.504 e. The van der Waals surface area contributed by atoms with Gasteiger partial charge in [-0.2, -0.15) is 0 Å². The molecule has 2 aromatic carbocycles. The van der Waals surface area contributed by atoms with Crippen LogP contribution in [-0.2, 0) is 4.74 Å². The van der Waals surface area contributed by atoms with Crippen LogP contribution in [0.1, 0.15) is 47.4 Å². The third-order valence-corrected chi connectivity index (χ3v) is 4.59. The Morgan fingerprint density at radius 3 is 2.39 bits per heavy atom. The Morgan fingerprint density at radius 2 is 1.74 bits per heavy atom. The number of benzene rings is 2. The minimum absolute atomic E-state index is 0. The van der Waals surface area contributed by atoms with Crippen LogP contribution in [0, 0.1) is 6.92 Å². The van der Waals surface area contributed by atoms with Crippen molar-refractivity contribution >= 4 is 24.4 Å². The van der Waals surface area contributed by atoms with Crippen molar-refractivity contribution in [2.75, 3.05) is 13.2 Å². The number of aromatic hydroxyl groups is 2. The fourth-order valence-electron chi connectivity index (χ4n) is 2.74. The quantitative estimate of drug-likeness (QED) is 0.292. The largest absolute Gasteiger partial charge is 0.504 e. The third-order valence-electron chi connectivity index (χ3n) is 4.59. The SMILES string of the molecule is Cc1ccc(C(=O)NC(=O)OCCCC(C)NCC(O)c2ccc(O)c(O)c2)cc1.Cl. The highest BCUT2D eigenvalue weighted by Gasteiger charge is 2.13. The van der Waals surface area contributed by atoms with Crippen LogP contribution >= 0.6 is 12.4 Å². The number of halogens is 1. The number of carbonyl (C=O) groups excluding carboxylic acids is 2. The van der Waals surface area contributed by atoms with E-state index in [-0.39, 0.29) is 43.1 Å². The molecule has 170 valence electrons. The first-order valence-electron chi connectivity index (χ1n) is 9.74. The number of aliphatic hydroxyl groups excluding tert-OH is 1. The maximum Gasteiger partial charge on any atom is 0.414 e. The number of alkyl carbamates (subject to hydrolysis) is 1. The lowest BCUT2D eigenvalue weighted by atomic mass is 10.1. The molecule has 0 radical (unpaired) electrons. The number of hydrogen-bond acceptors (Lipinski definition) is 7. The van der Waals surface area contributed by atoms with Gasteiger partial charge in [0.1, 0.15) is 0 Å². The highest BCUT2D eigenvalue weighted by Crippen LogP contribution is 2.27. The zero-order chi connectivity index (χ0) is 22.1. The summed E-state index contributed by atoms with van der Waals surface area (Å²) in [5.41, 5.74) is 1.89. The lowest BCUT2D eigenvalue weighted by Crippen LogP contribution is -2.32. The van der Waals surface area contributed by atoms with Gasteiger partial charge in [-0.1, -0.05) is 23.8 Å². The molecular formula is C22H29ClN2O6. The number of imide groups is 1. The van der Waals surface area contributed by atoms with Crippen LogP contribution in [0.25, 0.3) is 0 Å². The molecule has 0 heterocycles. The summed E-state index contributed by atoms with van der Waals surface area (Å²) in [6, 6.07) is 11.1. The predicted molar refractivity (Wildman–Crippen MR) is 119 cm³/mol. The molecule has 2 unspecified atom stereocenters. The molecule has 8 nitrogen and oxygen atoms in total. The summed E-state index contributed by atoms with van der Waals surface area (Å²) in [5, 5.41) is 34.3.